The molecule has 1 atom stereocenters. The fourth-order valence-electron chi connectivity index (χ4n) is 3.80. The van der Waals surface area contributed by atoms with Crippen LogP contribution in [0, 0.1) is 18.3 Å². The predicted octanol–water partition coefficient (Wildman–Crippen LogP) is 1.46. The van der Waals surface area contributed by atoms with Gasteiger partial charge in [-0.3, -0.25) is 4.79 Å². The lowest BCUT2D eigenvalue weighted by Crippen LogP contribution is -2.42. The van der Waals surface area contributed by atoms with E-state index in [9.17, 15) is 10.1 Å². The van der Waals surface area contributed by atoms with Crippen molar-refractivity contribution in [2.24, 2.45) is 5.73 Å². The molecule has 3 N–H and O–H groups in total. The van der Waals surface area contributed by atoms with Crippen molar-refractivity contribution in [1.82, 2.24) is 4.90 Å². The van der Waals surface area contributed by atoms with Crippen molar-refractivity contribution in [3.63, 3.8) is 0 Å². The van der Waals surface area contributed by atoms with Crippen LogP contribution < -0.4 is 11.1 Å². The molecule has 4 rings (SSSR count). The normalized spacial score (nSPS) is 25.3. The highest BCUT2D eigenvalue weighted by Gasteiger charge is 2.58. The van der Waals surface area contributed by atoms with E-state index in [1.54, 1.807) is 0 Å². The molecule has 0 bridgehead atoms. The van der Waals surface area contributed by atoms with Gasteiger partial charge < -0.3 is 20.7 Å². The predicted molar refractivity (Wildman–Crippen MR) is 83.7 cm³/mol. The van der Waals surface area contributed by atoms with E-state index in [2.05, 4.69) is 11.4 Å². The number of aryl methyl sites for hydroxylation is 1. The Morgan fingerprint density at radius 3 is 3.00 bits per heavy atom. The van der Waals surface area contributed by atoms with E-state index in [1.807, 2.05) is 37.1 Å². The third kappa shape index (κ3) is 1.49. The zero-order valence-electron chi connectivity index (χ0n) is 12.9. The number of amides is 1. The summed E-state index contributed by atoms with van der Waals surface area (Å²) in [6.45, 7) is 2.69. The molecule has 0 unspecified atom stereocenters. The van der Waals surface area contributed by atoms with Gasteiger partial charge in [-0.15, -0.1) is 0 Å². The van der Waals surface area contributed by atoms with Crippen molar-refractivity contribution in [1.29, 1.82) is 5.26 Å². The third-order valence-electron chi connectivity index (χ3n) is 4.86. The number of fused-ring (bicyclic) bond motifs is 3. The molecule has 3 aliphatic rings. The molecule has 0 saturated heterocycles. The Hall–Kier alpha value is -2.94. The number of benzene rings is 1. The number of anilines is 1. The van der Waals surface area contributed by atoms with Crippen LogP contribution in [-0.2, 0) is 14.9 Å². The lowest BCUT2D eigenvalue weighted by Gasteiger charge is -2.34. The monoisotopic (exact) mass is 308 g/mol. The smallest absolute Gasteiger partial charge is 0.244 e. The summed E-state index contributed by atoms with van der Waals surface area (Å²) in [5.74, 6) is 0.360. The van der Waals surface area contributed by atoms with E-state index < -0.39 is 5.41 Å². The number of carbonyl (C=O) groups is 1. The molecule has 0 aliphatic carbocycles. The van der Waals surface area contributed by atoms with Crippen LogP contribution in [0.3, 0.4) is 0 Å². The first-order chi connectivity index (χ1) is 11.0. The minimum atomic E-state index is -1.17. The minimum Gasteiger partial charge on any atom is -0.424 e. The van der Waals surface area contributed by atoms with Gasteiger partial charge in [0, 0.05) is 30.4 Å². The van der Waals surface area contributed by atoms with Gasteiger partial charge in [-0.25, -0.2) is 0 Å². The molecule has 116 valence electrons. The van der Waals surface area contributed by atoms with Crippen molar-refractivity contribution in [3.8, 4) is 6.07 Å². The highest BCUT2D eigenvalue weighted by Crippen LogP contribution is 2.54. The number of rotatable bonds is 0. The molecule has 6 heteroatoms. The molecule has 0 aromatic heterocycles. The van der Waals surface area contributed by atoms with Crippen LogP contribution in [0.25, 0.3) is 0 Å². The van der Waals surface area contributed by atoms with Gasteiger partial charge in [-0.1, -0.05) is 17.7 Å². The Morgan fingerprint density at radius 2 is 2.26 bits per heavy atom. The Balaban J connectivity index is 2.10. The molecular weight excluding hydrogens is 292 g/mol. The number of carbonyl (C=O) groups excluding carboxylic acids is 1. The van der Waals surface area contributed by atoms with Crippen molar-refractivity contribution in [2.75, 3.05) is 18.9 Å². The molecule has 23 heavy (non-hydrogen) atoms. The lowest BCUT2D eigenvalue weighted by molar-refractivity contribution is -0.118. The maximum Gasteiger partial charge on any atom is 0.244 e. The Bertz CT molecular complexity index is 862. The molecule has 0 saturated carbocycles. The summed E-state index contributed by atoms with van der Waals surface area (Å²) in [5, 5.41) is 12.6. The highest BCUT2D eigenvalue weighted by atomic mass is 16.5. The van der Waals surface area contributed by atoms with Gasteiger partial charge in [0.2, 0.25) is 11.8 Å². The summed E-state index contributed by atoms with van der Waals surface area (Å²) >= 11 is 0. The summed E-state index contributed by atoms with van der Waals surface area (Å²) in [5.41, 5.74) is 8.37. The quantitative estimate of drug-likeness (QED) is 0.757. The maximum absolute atomic E-state index is 13.0. The van der Waals surface area contributed by atoms with Crippen LogP contribution in [0.15, 0.2) is 41.1 Å². The summed E-state index contributed by atoms with van der Waals surface area (Å²) < 4.78 is 5.67. The number of ether oxygens (including phenoxy) is 1. The van der Waals surface area contributed by atoms with Crippen molar-refractivity contribution < 1.29 is 9.53 Å². The fraction of sp³-hybridized carbons (Fsp3) is 0.294. The van der Waals surface area contributed by atoms with Gasteiger partial charge in [-0.05, 0) is 19.4 Å². The number of hydrogen-bond donors (Lipinski definition) is 2. The third-order valence-corrected chi connectivity index (χ3v) is 4.86. The second-order valence-corrected chi connectivity index (χ2v) is 6.16. The van der Waals surface area contributed by atoms with Gasteiger partial charge in [0.05, 0.1) is 0 Å². The number of nitrogens with one attached hydrogen (secondary N) is 1. The summed E-state index contributed by atoms with van der Waals surface area (Å²) in [7, 11) is 1.89. The first-order valence-electron chi connectivity index (χ1n) is 7.45. The Kier molecular flexibility index (Phi) is 2.56. The highest BCUT2D eigenvalue weighted by molar-refractivity contribution is 6.12. The largest absolute Gasteiger partial charge is 0.424 e. The van der Waals surface area contributed by atoms with Crippen molar-refractivity contribution >= 4 is 11.6 Å². The summed E-state index contributed by atoms with van der Waals surface area (Å²) in [6, 6.07) is 7.88. The molecule has 1 amide bonds. The first-order valence-corrected chi connectivity index (χ1v) is 7.45. The van der Waals surface area contributed by atoms with Crippen molar-refractivity contribution in [3.05, 3.63) is 52.2 Å². The molecule has 1 spiro atoms. The van der Waals surface area contributed by atoms with Crippen LogP contribution in [0.4, 0.5) is 5.69 Å². The number of hydrogen-bond acceptors (Lipinski definition) is 5. The first kappa shape index (κ1) is 13.7. The van der Waals surface area contributed by atoms with Gasteiger partial charge in [0.25, 0.3) is 0 Å². The number of nitrogens with zero attached hydrogens (tertiary/aromatic N) is 2. The number of nitriles is 1. The van der Waals surface area contributed by atoms with Crippen LogP contribution >= 0.6 is 0 Å². The Morgan fingerprint density at radius 1 is 1.48 bits per heavy atom. The van der Waals surface area contributed by atoms with Gasteiger partial charge in [0.1, 0.15) is 17.1 Å². The lowest BCUT2D eigenvalue weighted by atomic mass is 9.68. The fourth-order valence-corrected chi connectivity index (χ4v) is 3.80. The maximum atomic E-state index is 13.0. The van der Waals surface area contributed by atoms with Gasteiger partial charge >= 0.3 is 0 Å². The molecule has 6 nitrogen and oxygen atoms in total. The molecular formula is C17H16N4O2. The van der Waals surface area contributed by atoms with E-state index in [4.69, 9.17) is 10.5 Å². The summed E-state index contributed by atoms with van der Waals surface area (Å²) in [6.07, 6.45) is 0.658. The van der Waals surface area contributed by atoms with Crippen LogP contribution in [0.5, 0.6) is 0 Å². The molecule has 1 aromatic rings. The average Bonchev–Trinajstić information content (AvgIpc) is 3.01. The van der Waals surface area contributed by atoms with E-state index in [-0.39, 0.29) is 17.4 Å². The second-order valence-electron chi connectivity index (χ2n) is 6.16. The molecule has 1 aromatic carbocycles. The second kappa shape index (κ2) is 4.29. The van der Waals surface area contributed by atoms with Crippen molar-refractivity contribution in [2.45, 2.75) is 18.8 Å². The van der Waals surface area contributed by atoms with E-state index in [0.29, 0.717) is 12.3 Å². The topological polar surface area (TPSA) is 91.4 Å². The molecule has 3 aliphatic heterocycles. The van der Waals surface area contributed by atoms with Crippen LogP contribution in [0.1, 0.15) is 17.5 Å². The SMILES string of the molecule is Cc1ccc2c(c1)[C@]1(C(=O)N2)C(C#N)=C(N)OC2=C1CCN2C. The van der Waals surface area contributed by atoms with E-state index in [0.717, 1.165) is 28.9 Å². The van der Waals surface area contributed by atoms with Gasteiger partial charge in [0.15, 0.2) is 5.88 Å². The number of nitrogens with two attached hydrogens (primary N) is 1. The van der Waals surface area contributed by atoms with Crippen LogP contribution in [-0.4, -0.2) is 24.4 Å². The molecule has 0 fully saturated rings. The van der Waals surface area contributed by atoms with E-state index >= 15 is 0 Å². The molecule has 3 heterocycles. The summed E-state index contributed by atoms with van der Waals surface area (Å²) in [4.78, 5) is 15.0. The zero-order valence-corrected chi connectivity index (χ0v) is 12.9. The standard InChI is InChI=1S/C17H16N4O2/c1-9-3-4-13-11(7-9)17(16(22)20-13)10-5-6-21(2)15(10)23-14(19)12(17)8-18/h3-4,7H,5-6,19H2,1-2H3,(H,20,22)/t17-/m0/s1. The van der Waals surface area contributed by atoms with Crippen LogP contribution in [0.2, 0.25) is 0 Å². The molecule has 0 radical (unpaired) electrons. The average molecular weight is 308 g/mol. The minimum absolute atomic E-state index is 0.00417. The van der Waals surface area contributed by atoms with E-state index in [1.165, 1.54) is 0 Å². The Labute approximate surface area is 133 Å². The zero-order chi connectivity index (χ0) is 16.4. The van der Waals surface area contributed by atoms with Gasteiger partial charge in [-0.2, -0.15) is 5.26 Å².